The summed E-state index contributed by atoms with van der Waals surface area (Å²) < 4.78 is 0. The Morgan fingerprint density at radius 3 is 2.61 bits per heavy atom. The molecule has 4 heteroatoms. The molecule has 4 N–H and O–H groups in total. The second-order valence-corrected chi connectivity index (χ2v) is 4.84. The van der Waals surface area contributed by atoms with E-state index in [-0.39, 0.29) is 0 Å². The lowest BCUT2D eigenvalue weighted by Crippen LogP contribution is -2.01. The molecule has 1 aromatic heterocycles. The Morgan fingerprint density at radius 1 is 1.17 bits per heavy atom. The molecule has 0 saturated heterocycles. The maximum Gasteiger partial charge on any atom is 0.116 e. The summed E-state index contributed by atoms with van der Waals surface area (Å²) in [5.74, 6) is 0.556. The molecule has 94 valence electrons. The van der Waals surface area contributed by atoms with Crippen molar-refractivity contribution in [3.05, 3.63) is 36.3 Å². The Morgan fingerprint density at radius 2 is 1.94 bits per heavy atom. The highest BCUT2D eigenvalue weighted by molar-refractivity contribution is 5.74. The standard InChI is InChI=1S/C14H18N4/c1-9(2)5-11-7-17-8-18-14(11)10-3-4-12(15)13(16)6-10/h3-4,6-9H,5,15-16H2,1-2H3. The molecule has 1 heterocycles. The van der Waals surface area contributed by atoms with Crippen molar-refractivity contribution in [2.75, 3.05) is 11.5 Å². The summed E-state index contributed by atoms with van der Waals surface area (Å²) in [6.07, 6.45) is 4.38. The number of benzene rings is 1. The van der Waals surface area contributed by atoms with Gasteiger partial charge in [-0.15, -0.1) is 0 Å². The van der Waals surface area contributed by atoms with Crippen molar-refractivity contribution in [3.8, 4) is 11.3 Å². The minimum Gasteiger partial charge on any atom is -0.397 e. The van der Waals surface area contributed by atoms with E-state index >= 15 is 0 Å². The van der Waals surface area contributed by atoms with E-state index < -0.39 is 0 Å². The van der Waals surface area contributed by atoms with E-state index in [0.717, 1.165) is 23.2 Å². The van der Waals surface area contributed by atoms with Gasteiger partial charge in [-0.1, -0.05) is 19.9 Å². The minimum absolute atomic E-state index is 0.556. The third-order valence-corrected chi connectivity index (χ3v) is 2.78. The molecule has 18 heavy (non-hydrogen) atoms. The van der Waals surface area contributed by atoms with Crippen LogP contribution in [0.15, 0.2) is 30.7 Å². The van der Waals surface area contributed by atoms with Crippen LogP contribution in [0.25, 0.3) is 11.3 Å². The van der Waals surface area contributed by atoms with Gasteiger partial charge in [0.2, 0.25) is 0 Å². The van der Waals surface area contributed by atoms with Gasteiger partial charge in [-0.05, 0) is 30.0 Å². The van der Waals surface area contributed by atoms with Crippen molar-refractivity contribution in [1.82, 2.24) is 9.97 Å². The van der Waals surface area contributed by atoms with E-state index in [1.54, 1.807) is 6.33 Å². The smallest absolute Gasteiger partial charge is 0.116 e. The highest BCUT2D eigenvalue weighted by Crippen LogP contribution is 2.27. The molecule has 2 aromatic rings. The van der Waals surface area contributed by atoms with Gasteiger partial charge in [0, 0.05) is 11.8 Å². The molecule has 2 rings (SSSR count). The average molecular weight is 242 g/mol. The van der Waals surface area contributed by atoms with Crippen LogP contribution in [0.2, 0.25) is 0 Å². The molecule has 0 atom stereocenters. The summed E-state index contributed by atoms with van der Waals surface area (Å²) in [5, 5.41) is 0. The van der Waals surface area contributed by atoms with Gasteiger partial charge in [-0.25, -0.2) is 9.97 Å². The molecular weight excluding hydrogens is 224 g/mol. The Balaban J connectivity index is 2.46. The first-order valence-corrected chi connectivity index (χ1v) is 6.02. The number of nitrogens with two attached hydrogens (primary N) is 2. The molecule has 1 aromatic carbocycles. The van der Waals surface area contributed by atoms with Crippen LogP contribution in [0.3, 0.4) is 0 Å². The fourth-order valence-corrected chi connectivity index (χ4v) is 1.93. The van der Waals surface area contributed by atoms with Crippen molar-refractivity contribution in [1.29, 1.82) is 0 Å². The Kier molecular flexibility index (Phi) is 3.46. The zero-order valence-corrected chi connectivity index (χ0v) is 10.7. The number of aromatic nitrogens is 2. The molecule has 0 saturated carbocycles. The number of rotatable bonds is 3. The predicted octanol–water partition coefficient (Wildman–Crippen LogP) is 2.51. The summed E-state index contributed by atoms with van der Waals surface area (Å²) in [6, 6.07) is 5.62. The normalized spacial score (nSPS) is 10.8. The molecule has 0 bridgehead atoms. The lowest BCUT2D eigenvalue weighted by atomic mass is 9.99. The third-order valence-electron chi connectivity index (χ3n) is 2.78. The molecule has 0 aliphatic rings. The maximum atomic E-state index is 5.84. The Hall–Kier alpha value is -2.10. The van der Waals surface area contributed by atoms with Gasteiger partial charge in [-0.2, -0.15) is 0 Å². The molecule has 0 spiro atoms. The van der Waals surface area contributed by atoms with E-state index in [1.807, 2.05) is 24.4 Å². The van der Waals surface area contributed by atoms with Crippen LogP contribution in [0.1, 0.15) is 19.4 Å². The number of hydrogen-bond acceptors (Lipinski definition) is 4. The lowest BCUT2D eigenvalue weighted by Gasteiger charge is -2.11. The van der Waals surface area contributed by atoms with Gasteiger partial charge in [0.05, 0.1) is 17.1 Å². The second-order valence-electron chi connectivity index (χ2n) is 4.84. The monoisotopic (exact) mass is 242 g/mol. The van der Waals surface area contributed by atoms with Crippen molar-refractivity contribution < 1.29 is 0 Å². The summed E-state index contributed by atoms with van der Waals surface area (Å²) in [4.78, 5) is 8.46. The van der Waals surface area contributed by atoms with Crippen LogP contribution in [-0.4, -0.2) is 9.97 Å². The molecular formula is C14H18N4. The molecule has 0 unspecified atom stereocenters. The summed E-state index contributed by atoms with van der Waals surface area (Å²) in [6.45, 7) is 4.35. The first-order chi connectivity index (χ1) is 8.58. The minimum atomic E-state index is 0.556. The van der Waals surface area contributed by atoms with Crippen molar-refractivity contribution in [2.45, 2.75) is 20.3 Å². The van der Waals surface area contributed by atoms with Gasteiger partial charge in [0.1, 0.15) is 6.33 Å². The second kappa shape index (κ2) is 5.04. The fourth-order valence-electron chi connectivity index (χ4n) is 1.93. The van der Waals surface area contributed by atoms with Gasteiger partial charge in [0.15, 0.2) is 0 Å². The molecule has 4 nitrogen and oxygen atoms in total. The quantitative estimate of drug-likeness (QED) is 0.811. The van der Waals surface area contributed by atoms with Crippen LogP contribution in [0, 0.1) is 5.92 Å². The molecule has 0 amide bonds. The van der Waals surface area contributed by atoms with Crippen molar-refractivity contribution in [3.63, 3.8) is 0 Å². The molecule has 0 aliphatic carbocycles. The average Bonchev–Trinajstić information content (AvgIpc) is 2.33. The Labute approximate surface area is 107 Å². The van der Waals surface area contributed by atoms with Crippen molar-refractivity contribution in [2.24, 2.45) is 5.92 Å². The number of anilines is 2. The maximum absolute atomic E-state index is 5.84. The molecule has 0 radical (unpaired) electrons. The van der Waals surface area contributed by atoms with Crippen LogP contribution in [0.4, 0.5) is 11.4 Å². The number of nitrogens with zero attached hydrogens (tertiary/aromatic N) is 2. The zero-order valence-electron chi connectivity index (χ0n) is 10.7. The predicted molar refractivity (Wildman–Crippen MR) is 74.8 cm³/mol. The fraction of sp³-hybridized carbons (Fsp3) is 0.286. The summed E-state index contributed by atoms with van der Waals surface area (Å²) in [5.41, 5.74) is 15.8. The third kappa shape index (κ3) is 2.59. The van der Waals surface area contributed by atoms with E-state index in [1.165, 1.54) is 0 Å². The molecule has 0 fully saturated rings. The molecule has 0 aliphatic heterocycles. The largest absolute Gasteiger partial charge is 0.397 e. The first kappa shape index (κ1) is 12.4. The van der Waals surface area contributed by atoms with Gasteiger partial charge < -0.3 is 11.5 Å². The SMILES string of the molecule is CC(C)Cc1cncnc1-c1ccc(N)c(N)c1. The first-order valence-electron chi connectivity index (χ1n) is 6.02. The van der Waals surface area contributed by atoms with Crippen LogP contribution >= 0.6 is 0 Å². The van der Waals surface area contributed by atoms with E-state index in [0.29, 0.717) is 17.3 Å². The highest BCUT2D eigenvalue weighted by Gasteiger charge is 2.09. The number of hydrogen-bond donors (Lipinski definition) is 2. The van der Waals surface area contributed by atoms with Gasteiger partial charge in [0.25, 0.3) is 0 Å². The Bertz CT molecular complexity index is 549. The number of nitrogen functional groups attached to an aromatic ring is 2. The zero-order chi connectivity index (χ0) is 13.1. The van der Waals surface area contributed by atoms with Crippen LogP contribution in [0.5, 0.6) is 0 Å². The lowest BCUT2D eigenvalue weighted by molar-refractivity contribution is 0.644. The van der Waals surface area contributed by atoms with E-state index in [4.69, 9.17) is 11.5 Å². The topological polar surface area (TPSA) is 77.8 Å². The van der Waals surface area contributed by atoms with Crippen molar-refractivity contribution >= 4 is 11.4 Å². The van der Waals surface area contributed by atoms with E-state index in [9.17, 15) is 0 Å². The van der Waals surface area contributed by atoms with Crippen LogP contribution < -0.4 is 11.5 Å². The van der Waals surface area contributed by atoms with E-state index in [2.05, 4.69) is 23.8 Å². The van der Waals surface area contributed by atoms with Gasteiger partial charge >= 0.3 is 0 Å². The van der Waals surface area contributed by atoms with Gasteiger partial charge in [-0.3, -0.25) is 0 Å². The summed E-state index contributed by atoms with van der Waals surface area (Å²) in [7, 11) is 0. The van der Waals surface area contributed by atoms with Crippen LogP contribution in [-0.2, 0) is 6.42 Å². The highest BCUT2D eigenvalue weighted by atomic mass is 14.8. The summed E-state index contributed by atoms with van der Waals surface area (Å²) >= 11 is 0.